The van der Waals surface area contributed by atoms with Gasteiger partial charge in [0.25, 0.3) is 0 Å². The highest BCUT2D eigenvalue weighted by Gasteiger charge is 1.98. The van der Waals surface area contributed by atoms with Crippen molar-refractivity contribution in [1.82, 2.24) is 0 Å². The minimum Gasteiger partial charge on any atom is -0.508 e. The Balaban J connectivity index is 1.83. The molecule has 0 saturated heterocycles. The second-order valence-corrected chi connectivity index (χ2v) is 5.04. The van der Waals surface area contributed by atoms with Crippen LogP contribution in [0.5, 0.6) is 11.5 Å². The molecule has 0 radical (unpaired) electrons. The van der Waals surface area contributed by atoms with Crippen molar-refractivity contribution in [2.45, 2.75) is 9.79 Å². The lowest BCUT2D eigenvalue weighted by Gasteiger charge is -2.01. The van der Waals surface area contributed by atoms with E-state index in [1.807, 2.05) is 0 Å². The van der Waals surface area contributed by atoms with Gasteiger partial charge in [-0.2, -0.15) is 0 Å². The predicted molar refractivity (Wildman–Crippen MR) is 69.0 cm³/mol. The van der Waals surface area contributed by atoms with Gasteiger partial charge in [-0.1, -0.05) is 0 Å². The van der Waals surface area contributed by atoms with Crippen molar-refractivity contribution in [3.8, 4) is 11.5 Å². The van der Waals surface area contributed by atoms with Crippen molar-refractivity contribution >= 4 is 24.1 Å². The van der Waals surface area contributed by atoms with Gasteiger partial charge in [0.15, 0.2) is 0 Å². The van der Waals surface area contributed by atoms with E-state index >= 15 is 0 Å². The molecule has 0 spiro atoms. The number of aromatic hydroxyl groups is 2. The van der Waals surface area contributed by atoms with Gasteiger partial charge in [0.1, 0.15) is 11.5 Å². The number of hydrogen-bond acceptors (Lipinski definition) is 5. The molecule has 0 atom stereocenters. The average Bonchev–Trinajstić information content (AvgIpc) is 2.34. The third-order valence-corrected chi connectivity index (χ3v) is 3.41. The molecule has 0 aromatic heterocycles. The minimum atomic E-state index is 0.237. The van der Waals surface area contributed by atoms with Gasteiger partial charge in [-0.15, -0.1) is 0 Å². The quantitative estimate of drug-likeness (QED) is 0.824. The summed E-state index contributed by atoms with van der Waals surface area (Å²) < 4.78 is 5.36. The monoisotopic (exact) mass is 266 g/mol. The third kappa shape index (κ3) is 3.89. The number of phenols is 2. The first-order valence-corrected chi connectivity index (χ1v) is 6.31. The van der Waals surface area contributed by atoms with Gasteiger partial charge in [-0.25, -0.2) is 3.63 Å². The highest BCUT2D eigenvalue weighted by Crippen LogP contribution is 2.30. The van der Waals surface area contributed by atoms with E-state index in [1.54, 1.807) is 48.5 Å². The van der Waals surface area contributed by atoms with Crippen LogP contribution in [0.3, 0.4) is 0 Å². The van der Waals surface area contributed by atoms with Crippen molar-refractivity contribution in [3.05, 3.63) is 48.5 Å². The summed E-state index contributed by atoms with van der Waals surface area (Å²) in [6, 6.07) is 13.5. The molecule has 0 aliphatic rings. The van der Waals surface area contributed by atoms with E-state index in [2.05, 4.69) is 0 Å². The Hall–Kier alpha value is -1.30. The SMILES string of the molecule is Oc1ccc(SOSc2ccc(O)cc2)cc1. The van der Waals surface area contributed by atoms with Crippen LogP contribution < -0.4 is 0 Å². The first-order chi connectivity index (χ1) is 8.24. The maximum atomic E-state index is 9.11. The molecule has 0 heterocycles. The predicted octanol–water partition coefficient (Wildman–Crippen LogP) is 3.83. The molecule has 0 unspecified atom stereocenters. The van der Waals surface area contributed by atoms with E-state index in [1.165, 1.54) is 24.1 Å². The Labute approximate surface area is 108 Å². The Kier molecular flexibility index (Phi) is 4.19. The van der Waals surface area contributed by atoms with E-state index < -0.39 is 0 Å². The van der Waals surface area contributed by atoms with Gasteiger partial charge in [-0.3, -0.25) is 0 Å². The maximum Gasteiger partial charge on any atom is 0.115 e. The Morgan fingerprint density at radius 3 is 1.35 bits per heavy atom. The summed E-state index contributed by atoms with van der Waals surface area (Å²) in [5.74, 6) is 0.473. The summed E-state index contributed by atoms with van der Waals surface area (Å²) in [7, 11) is 0. The molecular formula is C12H10O3S2. The van der Waals surface area contributed by atoms with Gasteiger partial charge < -0.3 is 10.2 Å². The van der Waals surface area contributed by atoms with Crippen molar-refractivity contribution in [3.63, 3.8) is 0 Å². The van der Waals surface area contributed by atoms with Crippen molar-refractivity contribution < 1.29 is 13.8 Å². The molecule has 2 aromatic rings. The van der Waals surface area contributed by atoms with E-state index in [-0.39, 0.29) is 11.5 Å². The highest BCUT2D eigenvalue weighted by atomic mass is 32.2. The number of hydrogen-bond donors (Lipinski definition) is 2. The van der Waals surface area contributed by atoms with Gasteiger partial charge in [0.05, 0.1) is 0 Å². The summed E-state index contributed by atoms with van der Waals surface area (Å²) in [5, 5.41) is 18.2. The molecule has 17 heavy (non-hydrogen) atoms. The fraction of sp³-hybridized carbons (Fsp3) is 0. The summed E-state index contributed by atoms with van der Waals surface area (Å²) in [6.07, 6.45) is 0. The number of rotatable bonds is 4. The van der Waals surface area contributed by atoms with Crippen LogP contribution in [-0.2, 0) is 3.63 Å². The summed E-state index contributed by atoms with van der Waals surface area (Å²) in [4.78, 5) is 1.82. The maximum absolute atomic E-state index is 9.11. The second-order valence-electron chi connectivity index (χ2n) is 3.22. The molecule has 0 amide bonds. The van der Waals surface area contributed by atoms with Crippen LogP contribution in [0.1, 0.15) is 0 Å². The zero-order valence-corrected chi connectivity index (χ0v) is 10.4. The van der Waals surface area contributed by atoms with E-state index in [9.17, 15) is 0 Å². The molecule has 0 aliphatic heterocycles. The zero-order chi connectivity index (χ0) is 12.1. The molecule has 0 aliphatic carbocycles. The molecule has 3 nitrogen and oxygen atoms in total. The van der Waals surface area contributed by atoms with Crippen LogP contribution in [0.4, 0.5) is 0 Å². The van der Waals surface area contributed by atoms with E-state index in [4.69, 9.17) is 13.8 Å². The van der Waals surface area contributed by atoms with Crippen LogP contribution in [0.25, 0.3) is 0 Å². The van der Waals surface area contributed by atoms with E-state index in [0.29, 0.717) is 0 Å². The average molecular weight is 266 g/mol. The minimum absolute atomic E-state index is 0.237. The first-order valence-electron chi connectivity index (χ1n) is 4.83. The molecule has 2 N–H and O–H groups in total. The Morgan fingerprint density at radius 2 is 1.00 bits per heavy atom. The molecule has 0 saturated carbocycles. The molecule has 5 heteroatoms. The smallest absolute Gasteiger partial charge is 0.115 e. The van der Waals surface area contributed by atoms with Crippen LogP contribution in [0.15, 0.2) is 58.3 Å². The summed E-state index contributed by atoms with van der Waals surface area (Å²) in [6.45, 7) is 0. The molecule has 2 aromatic carbocycles. The largest absolute Gasteiger partial charge is 0.508 e. The fourth-order valence-corrected chi connectivity index (χ4v) is 2.36. The molecule has 0 bridgehead atoms. The van der Waals surface area contributed by atoms with Gasteiger partial charge in [0, 0.05) is 33.9 Å². The molecular weight excluding hydrogens is 256 g/mol. The first kappa shape index (κ1) is 12.2. The summed E-state index contributed by atoms with van der Waals surface area (Å²) in [5.41, 5.74) is 0. The van der Waals surface area contributed by atoms with Gasteiger partial charge >= 0.3 is 0 Å². The van der Waals surface area contributed by atoms with Gasteiger partial charge in [-0.05, 0) is 48.5 Å². The van der Waals surface area contributed by atoms with Crippen LogP contribution in [-0.4, -0.2) is 10.2 Å². The summed E-state index contributed by atoms with van der Waals surface area (Å²) >= 11 is 2.44. The number of phenolic OH excluding ortho intramolecular Hbond substituents is 2. The van der Waals surface area contributed by atoms with Crippen LogP contribution >= 0.6 is 24.1 Å². The molecule has 0 fully saturated rings. The normalized spacial score (nSPS) is 10.4. The van der Waals surface area contributed by atoms with Crippen molar-refractivity contribution in [2.24, 2.45) is 0 Å². The molecule has 88 valence electrons. The third-order valence-electron chi connectivity index (χ3n) is 1.93. The lowest BCUT2D eigenvalue weighted by molar-refractivity contribution is 0.474. The van der Waals surface area contributed by atoms with Crippen LogP contribution in [0, 0.1) is 0 Å². The molecule has 2 rings (SSSR count). The van der Waals surface area contributed by atoms with E-state index in [0.717, 1.165) is 9.79 Å². The fourth-order valence-electron chi connectivity index (χ4n) is 1.10. The zero-order valence-electron chi connectivity index (χ0n) is 8.74. The van der Waals surface area contributed by atoms with Crippen molar-refractivity contribution in [2.75, 3.05) is 0 Å². The topological polar surface area (TPSA) is 49.7 Å². The lowest BCUT2D eigenvalue weighted by atomic mass is 10.3. The van der Waals surface area contributed by atoms with Crippen molar-refractivity contribution in [1.29, 1.82) is 0 Å². The number of benzene rings is 2. The standard InChI is InChI=1S/C12H10O3S2/c13-9-1-5-11(6-2-9)16-15-17-12-7-3-10(14)4-8-12/h1-8,13-14H. The Morgan fingerprint density at radius 1 is 0.647 bits per heavy atom. The van der Waals surface area contributed by atoms with Gasteiger partial charge in [0.2, 0.25) is 0 Å². The Bertz CT molecular complexity index is 423. The highest BCUT2D eigenvalue weighted by molar-refractivity contribution is 8.07. The lowest BCUT2D eigenvalue weighted by Crippen LogP contribution is -1.73. The van der Waals surface area contributed by atoms with Crippen LogP contribution in [0.2, 0.25) is 0 Å². The second kappa shape index (κ2) is 5.86.